The molecule has 1 heterocycles. The fourth-order valence-electron chi connectivity index (χ4n) is 2.74. The number of likely N-dealkylation sites (tertiary alicyclic amines) is 1. The van der Waals surface area contributed by atoms with E-state index in [1.807, 2.05) is 0 Å². The summed E-state index contributed by atoms with van der Waals surface area (Å²) >= 11 is 0. The molecule has 1 aliphatic rings. The number of aliphatic carboxylic acids is 1. The second-order valence-corrected chi connectivity index (χ2v) is 5.51. The lowest BCUT2D eigenvalue weighted by Gasteiger charge is -2.30. The second kappa shape index (κ2) is 6.55. The molecule has 1 fully saturated rings. The molecule has 118 valence electrons. The van der Waals surface area contributed by atoms with Gasteiger partial charge in [0.2, 0.25) is 5.91 Å². The third-order valence-corrected chi connectivity index (χ3v) is 4.08. The van der Waals surface area contributed by atoms with Crippen LogP contribution in [0.4, 0.5) is 5.69 Å². The molecular weight excluding hydrogens is 288 g/mol. The van der Waals surface area contributed by atoms with Crippen LogP contribution in [-0.2, 0) is 16.0 Å². The van der Waals surface area contributed by atoms with Crippen LogP contribution in [0, 0.1) is 23.0 Å². The van der Waals surface area contributed by atoms with Gasteiger partial charge in [0.05, 0.1) is 17.3 Å². The summed E-state index contributed by atoms with van der Waals surface area (Å²) in [5, 5.41) is 20.0. The first-order valence-electron chi connectivity index (χ1n) is 7.13. The predicted octanol–water partition coefficient (Wildman–Crippen LogP) is 1.77. The van der Waals surface area contributed by atoms with E-state index in [9.17, 15) is 19.7 Å². The molecule has 1 N–H and O–H groups in total. The van der Waals surface area contributed by atoms with Crippen LogP contribution in [0.5, 0.6) is 0 Å². The van der Waals surface area contributed by atoms with E-state index < -0.39 is 16.8 Å². The van der Waals surface area contributed by atoms with Gasteiger partial charge in [-0.1, -0.05) is 12.1 Å². The summed E-state index contributed by atoms with van der Waals surface area (Å²) in [6.07, 6.45) is 1.30. The van der Waals surface area contributed by atoms with Crippen LogP contribution < -0.4 is 0 Å². The predicted molar refractivity (Wildman–Crippen MR) is 78.5 cm³/mol. The highest BCUT2D eigenvalue weighted by Crippen LogP contribution is 2.23. The van der Waals surface area contributed by atoms with Crippen molar-refractivity contribution in [3.63, 3.8) is 0 Å². The lowest BCUT2D eigenvalue weighted by molar-refractivity contribution is -0.385. The number of benzene rings is 1. The van der Waals surface area contributed by atoms with Crippen LogP contribution >= 0.6 is 0 Å². The summed E-state index contributed by atoms with van der Waals surface area (Å²) in [6, 6.07) is 4.66. The maximum atomic E-state index is 12.3. The van der Waals surface area contributed by atoms with Crippen molar-refractivity contribution in [3.05, 3.63) is 39.4 Å². The van der Waals surface area contributed by atoms with Crippen LogP contribution in [0.25, 0.3) is 0 Å². The number of piperidine rings is 1. The first-order chi connectivity index (χ1) is 10.4. The van der Waals surface area contributed by atoms with Gasteiger partial charge in [-0.15, -0.1) is 0 Å². The van der Waals surface area contributed by atoms with E-state index in [1.165, 1.54) is 6.07 Å². The van der Waals surface area contributed by atoms with Gasteiger partial charge < -0.3 is 10.0 Å². The van der Waals surface area contributed by atoms with Crippen molar-refractivity contribution in [1.82, 2.24) is 4.90 Å². The molecule has 0 saturated carbocycles. The van der Waals surface area contributed by atoms with Crippen LogP contribution in [0.2, 0.25) is 0 Å². The Morgan fingerprint density at radius 3 is 2.82 bits per heavy atom. The fourth-order valence-corrected chi connectivity index (χ4v) is 2.74. The van der Waals surface area contributed by atoms with Crippen molar-refractivity contribution in [3.8, 4) is 0 Å². The van der Waals surface area contributed by atoms with E-state index in [1.54, 1.807) is 24.0 Å². The third-order valence-electron chi connectivity index (χ3n) is 4.08. The van der Waals surface area contributed by atoms with Gasteiger partial charge in [0.1, 0.15) is 0 Å². The first-order valence-corrected chi connectivity index (χ1v) is 7.13. The van der Waals surface area contributed by atoms with Crippen molar-refractivity contribution >= 4 is 17.6 Å². The maximum Gasteiger partial charge on any atom is 0.308 e. The van der Waals surface area contributed by atoms with E-state index in [0.29, 0.717) is 30.5 Å². The second-order valence-electron chi connectivity index (χ2n) is 5.51. The average Bonchev–Trinajstić information content (AvgIpc) is 2.49. The van der Waals surface area contributed by atoms with Crippen molar-refractivity contribution in [2.24, 2.45) is 5.92 Å². The molecule has 0 radical (unpaired) electrons. The Labute approximate surface area is 127 Å². The number of carbonyl (C=O) groups is 2. The van der Waals surface area contributed by atoms with Gasteiger partial charge in [-0.25, -0.2) is 0 Å². The van der Waals surface area contributed by atoms with Gasteiger partial charge in [-0.3, -0.25) is 19.7 Å². The molecule has 1 amide bonds. The smallest absolute Gasteiger partial charge is 0.308 e. The molecule has 1 unspecified atom stereocenters. The van der Waals surface area contributed by atoms with E-state index in [-0.39, 0.29) is 24.6 Å². The molecule has 0 aromatic heterocycles. The molecule has 1 saturated heterocycles. The van der Waals surface area contributed by atoms with E-state index >= 15 is 0 Å². The van der Waals surface area contributed by atoms with Crippen LogP contribution in [0.1, 0.15) is 24.0 Å². The number of nitrogens with zero attached hydrogens (tertiary/aromatic N) is 2. The molecule has 7 nitrogen and oxygen atoms in total. The number of rotatable bonds is 4. The molecule has 0 bridgehead atoms. The number of carboxylic acids is 1. The molecule has 1 aliphatic heterocycles. The minimum Gasteiger partial charge on any atom is -0.481 e. The Balaban J connectivity index is 2.10. The van der Waals surface area contributed by atoms with Gasteiger partial charge >= 0.3 is 5.97 Å². The molecule has 1 atom stereocenters. The highest BCUT2D eigenvalue weighted by molar-refractivity contribution is 5.80. The van der Waals surface area contributed by atoms with E-state index in [4.69, 9.17) is 5.11 Å². The average molecular weight is 306 g/mol. The summed E-state index contributed by atoms with van der Waals surface area (Å²) in [6.45, 7) is 2.37. The Morgan fingerprint density at radius 2 is 2.18 bits per heavy atom. The van der Waals surface area contributed by atoms with Gasteiger partial charge in [0.15, 0.2) is 0 Å². The SMILES string of the molecule is Cc1c(CC(=O)N2CCCC(C(=O)O)C2)cccc1[N+](=O)[O-]. The molecule has 1 aromatic carbocycles. The van der Waals surface area contributed by atoms with Crippen molar-refractivity contribution in [1.29, 1.82) is 0 Å². The van der Waals surface area contributed by atoms with E-state index in [2.05, 4.69) is 0 Å². The van der Waals surface area contributed by atoms with Crippen molar-refractivity contribution in [2.45, 2.75) is 26.2 Å². The zero-order valence-corrected chi connectivity index (χ0v) is 12.3. The summed E-state index contributed by atoms with van der Waals surface area (Å²) in [7, 11) is 0. The maximum absolute atomic E-state index is 12.3. The molecule has 22 heavy (non-hydrogen) atoms. The molecule has 2 rings (SSSR count). The Morgan fingerprint density at radius 1 is 1.45 bits per heavy atom. The number of hydrogen-bond acceptors (Lipinski definition) is 4. The van der Waals surface area contributed by atoms with Gasteiger partial charge in [-0.2, -0.15) is 0 Å². The highest BCUT2D eigenvalue weighted by atomic mass is 16.6. The monoisotopic (exact) mass is 306 g/mol. The number of carboxylic acid groups (broad SMARTS) is 1. The van der Waals surface area contributed by atoms with Crippen LogP contribution in [-0.4, -0.2) is 39.9 Å². The Bertz CT molecular complexity index is 614. The van der Waals surface area contributed by atoms with Crippen LogP contribution in [0.3, 0.4) is 0 Å². The fraction of sp³-hybridized carbons (Fsp3) is 0.467. The zero-order valence-electron chi connectivity index (χ0n) is 12.3. The molecular formula is C15H18N2O5. The minimum absolute atomic E-state index is 0.00708. The number of nitro benzene ring substituents is 1. The summed E-state index contributed by atoms with van der Waals surface area (Å²) in [4.78, 5) is 35.4. The van der Waals surface area contributed by atoms with E-state index in [0.717, 1.165) is 0 Å². The largest absolute Gasteiger partial charge is 0.481 e. The molecule has 7 heteroatoms. The highest BCUT2D eigenvalue weighted by Gasteiger charge is 2.28. The summed E-state index contributed by atoms with van der Waals surface area (Å²) in [5.41, 5.74) is 1.08. The van der Waals surface area contributed by atoms with Gasteiger partial charge in [-0.05, 0) is 25.3 Å². The third kappa shape index (κ3) is 3.41. The topological polar surface area (TPSA) is 101 Å². The van der Waals surface area contributed by atoms with Crippen LogP contribution in [0.15, 0.2) is 18.2 Å². The Kier molecular flexibility index (Phi) is 4.75. The van der Waals surface area contributed by atoms with Gasteiger partial charge in [0.25, 0.3) is 5.69 Å². The lowest BCUT2D eigenvalue weighted by Crippen LogP contribution is -2.43. The quantitative estimate of drug-likeness (QED) is 0.675. The normalized spacial score (nSPS) is 18.0. The Hall–Kier alpha value is -2.44. The number of carbonyl (C=O) groups excluding carboxylic acids is 1. The number of nitro groups is 1. The molecule has 0 aliphatic carbocycles. The van der Waals surface area contributed by atoms with Crippen molar-refractivity contribution in [2.75, 3.05) is 13.1 Å². The zero-order chi connectivity index (χ0) is 16.3. The van der Waals surface area contributed by atoms with Crippen molar-refractivity contribution < 1.29 is 19.6 Å². The minimum atomic E-state index is -0.885. The molecule has 1 aromatic rings. The lowest BCUT2D eigenvalue weighted by atomic mass is 9.97. The number of hydrogen-bond donors (Lipinski definition) is 1. The summed E-state index contributed by atoms with van der Waals surface area (Å²) < 4.78 is 0. The number of amides is 1. The standard InChI is InChI=1S/C15H18N2O5/c1-10-11(4-2-6-13(10)17(21)22)8-14(18)16-7-3-5-12(9-16)15(19)20/h2,4,6,12H,3,5,7-9H2,1H3,(H,19,20). The van der Waals surface area contributed by atoms with Gasteiger partial charge in [0, 0.05) is 24.7 Å². The molecule has 0 spiro atoms. The summed E-state index contributed by atoms with van der Waals surface area (Å²) in [5.74, 6) is -1.59. The first kappa shape index (κ1) is 15.9.